The molecule has 1 aromatic rings. The zero-order valence-electron chi connectivity index (χ0n) is 12.0. The fourth-order valence-electron chi connectivity index (χ4n) is 2.69. The molecular formula is C15H19N3O3. The minimum Gasteiger partial charge on any atom is -0.497 e. The Morgan fingerprint density at radius 3 is 2.90 bits per heavy atom. The number of benzene rings is 1. The summed E-state index contributed by atoms with van der Waals surface area (Å²) in [6.45, 7) is 1.74. The van der Waals surface area contributed by atoms with Crippen molar-refractivity contribution in [2.24, 2.45) is 5.16 Å². The number of methoxy groups -OCH3 is 1. The summed E-state index contributed by atoms with van der Waals surface area (Å²) >= 11 is 0. The Labute approximate surface area is 123 Å². The van der Waals surface area contributed by atoms with E-state index in [9.17, 15) is 4.79 Å². The molecule has 1 aromatic carbocycles. The van der Waals surface area contributed by atoms with Crippen molar-refractivity contribution in [2.45, 2.75) is 24.9 Å². The van der Waals surface area contributed by atoms with Gasteiger partial charge in [-0.1, -0.05) is 5.16 Å². The Morgan fingerprint density at radius 2 is 2.24 bits per heavy atom. The van der Waals surface area contributed by atoms with Gasteiger partial charge in [0, 0.05) is 18.7 Å². The highest BCUT2D eigenvalue weighted by Gasteiger charge is 2.42. The number of carbonyl (C=O) groups excluding carboxylic acids is 1. The van der Waals surface area contributed by atoms with E-state index >= 15 is 0 Å². The Balaban J connectivity index is 1.60. The molecule has 2 aliphatic rings. The van der Waals surface area contributed by atoms with Gasteiger partial charge in [-0.05, 0) is 43.7 Å². The number of oxime groups is 1. The van der Waals surface area contributed by atoms with E-state index in [0.29, 0.717) is 17.8 Å². The SMILES string of the molecule is COc1ccc(NC(=O)C2=NO[C@]3(CCCNC3)C2)cc1. The van der Waals surface area contributed by atoms with Crippen molar-refractivity contribution in [3.05, 3.63) is 24.3 Å². The lowest BCUT2D eigenvalue weighted by atomic mass is 9.89. The van der Waals surface area contributed by atoms with Crippen LogP contribution in [0.2, 0.25) is 0 Å². The Hall–Kier alpha value is -2.08. The summed E-state index contributed by atoms with van der Waals surface area (Å²) in [6.07, 6.45) is 2.54. The predicted molar refractivity (Wildman–Crippen MR) is 79.6 cm³/mol. The lowest BCUT2D eigenvalue weighted by Crippen LogP contribution is -2.46. The van der Waals surface area contributed by atoms with Gasteiger partial charge in [-0.2, -0.15) is 0 Å². The van der Waals surface area contributed by atoms with Crippen molar-refractivity contribution in [1.29, 1.82) is 0 Å². The minimum atomic E-state index is -0.329. The molecule has 2 aliphatic heterocycles. The Morgan fingerprint density at radius 1 is 1.43 bits per heavy atom. The van der Waals surface area contributed by atoms with Gasteiger partial charge < -0.3 is 20.2 Å². The number of hydrogen-bond donors (Lipinski definition) is 2. The molecule has 1 fully saturated rings. The third-order valence-corrected chi connectivity index (χ3v) is 3.88. The maximum atomic E-state index is 12.2. The number of carbonyl (C=O) groups is 1. The van der Waals surface area contributed by atoms with Gasteiger partial charge in [-0.25, -0.2) is 0 Å². The summed E-state index contributed by atoms with van der Waals surface area (Å²) in [5.74, 6) is 0.546. The highest BCUT2D eigenvalue weighted by molar-refractivity contribution is 6.43. The van der Waals surface area contributed by atoms with Crippen LogP contribution in [0, 0.1) is 0 Å². The minimum absolute atomic E-state index is 0.206. The monoisotopic (exact) mass is 289 g/mol. The van der Waals surface area contributed by atoms with E-state index in [1.165, 1.54) is 0 Å². The van der Waals surface area contributed by atoms with Gasteiger partial charge >= 0.3 is 0 Å². The quantitative estimate of drug-likeness (QED) is 0.885. The zero-order chi connectivity index (χ0) is 14.7. The second kappa shape index (κ2) is 5.73. The van der Waals surface area contributed by atoms with Crippen LogP contribution in [0.25, 0.3) is 0 Å². The molecule has 2 N–H and O–H groups in total. The summed E-state index contributed by atoms with van der Waals surface area (Å²) in [6, 6.07) is 7.19. The Bertz CT molecular complexity index is 548. The molecule has 1 amide bonds. The molecule has 0 saturated carbocycles. The number of hydrogen-bond acceptors (Lipinski definition) is 5. The molecule has 3 rings (SSSR count). The first kappa shape index (κ1) is 13.9. The number of piperidine rings is 1. The van der Waals surface area contributed by atoms with Crippen LogP contribution in [0.3, 0.4) is 0 Å². The topological polar surface area (TPSA) is 72.0 Å². The van der Waals surface area contributed by atoms with Gasteiger partial charge in [-0.3, -0.25) is 4.79 Å². The van der Waals surface area contributed by atoms with Crippen LogP contribution >= 0.6 is 0 Å². The van der Waals surface area contributed by atoms with Crippen LogP contribution in [0.15, 0.2) is 29.4 Å². The molecule has 0 radical (unpaired) electrons. The predicted octanol–water partition coefficient (Wildman–Crippen LogP) is 1.53. The number of rotatable bonds is 3. The summed E-state index contributed by atoms with van der Waals surface area (Å²) < 4.78 is 5.09. The summed E-state index contributed by atoms with van der Waals surface area (Å²) in [7, 11) is 1.61. The van der Waals surface area contributed by atoms with E-state index in [-0.39, 0.29) is 11.5 Å². The molecule has 1 atom stereocenters. The average molecular weight is 289 g/mol. The molecule has 0 bridgehead atoms. The molecule has 0 aliphatic carbocycles. The fraction of sp³-hybridized carbons (Fsp3) is 0.467. The molecule has 1 spiro atoms. The maximum Gasteiger partial charge on any atom is 0.273 e. The van der Waals surface area contributed by atoms with E-state index in [2.05, 4.69) is 15.8 Å². The van der Waals surface area contributed by atoms with Gasteiger partial charge in [0.1, 0.15) is 11.5 Å². The van der Waals surface area contributed by atoms with E-state index in [1.54, 1.807) is 31.4 Å². The molecule has 6 heteroatoms. The highest BCUT2D eigenvalue weighted by Crippen LogP contribution is 2.30. The largest absolute Gasteiger partial charge is 0.497 e. The summed E-state index contributed by atoms with van der Waals surface area (Å²) in [5, 5.41) is 10.1. The second-order valence-electron chi connectivity index (χ2n) is 5.45. The molecule has 21 heavy (non-hydrogen) atoms. The number of ether oxygens (including phenoxy) is 1. The number of amides is 1. The standard InChI is InChI=1S/C15H19N3O3/c1-20-12-5-3-11(4-6-12)17-14(19)13-9-15(21-18-13)7-2-8-16-10-15/h3-6,16H,2,7-10H2,1H3,(H,17,19)/t15-/m1/s1. The third-order valence-electron chi connectivity index (χ3n) is 3.88. The first-order valence-corrected chi connectivity index (χ1v) is 7.12. The third kappa shape index (κ3) is 3.00. The molecule has 112 valence electrons. The molecule has 1 saturated heterocycles. The second-order valence-corrected chi connectivity index (χ2v) is 5.45. The van der Waals surface area contributed by atoms with Crippen LogP contribution in [0.1, 0.15) is 19.3 Å². The van der Waals surface area contributed by atoms with Crippen molar-refractivity contribution >= 4 is 17.3 Å². The normalized spacial score (nSPS) is 24.3. The first-order valence-electron chi connectivity index (χ1n) is 7.12. The summed E-state index contributed by atoms with van der Waals surface area (Å²) in [5.41, 5.74) is 0.839. The van der Waals surface area contributed by atoms with Crippen molar-refractivity contribution in [3.63, 3.8) is 0 Å². The number of anilines is 1. The van der Waals surface area contributed by atoms with Gasteiger partial charge in [0.15, 0.2) is 5.60 Å². The van der Waals surface area contributed by atoms with Gasteiger partial charge in [0.2, 0.25) is 0 Å². The van der Waals surface area contributed by atoms with Crippen LogP contribution < -0.4 is 15.4 Å². The molecule has 0 aromatic heterocycles. The fourth-order valence-corrected chi connectivity index (χ4v) is 2.69. The average Bonchev–Trinajstić information content (AvgIpc) is 2.92. The lowest BCUT2D eigenvalue weighted by molar-refractivity contribution is -0.110. The molecule has 2 heterocycles. The van der Waals surface area contributed by atoms with Crippen molar-refractivity contribution in [1.82, 2.24) is 5.32 Å². The van der Waals surface area contributed by atoms with E-state index in [1.807, 2.05) is 0 Å². The van der Waals surface area contributed by atoms with E-state index < -0.39 is 0 Å². The molecule has 6 nitrogen and oxygen atoms in total. The van der Waals surface area contributed by atoms with Gasteiger partial charge in [-0.15, -0.1) is 0 Å². The summed E-state index contributed by atoms with van der Waals surface area (Å²) in [4.78, 5) is 17.8. The number of nitrogens with one attached hydrogen (secondary N) is 2. The smallest absolute Gasteiger partial charge is 0.273 e. The van der Waals surface area contributed by atoms with E-state index in [4.69, 9.17) is 9.57 Å². The molecular weight excluding hydrogens is 270 g/mol. The zero-order valence-corrected chi connectivity index (χ0v) is 12.0. The number of nitrogens with zero attached hydrogens (tertiary/aromatic N) is 1. The lowest BCUT2D eigenvalue weighted by Gasteiger charge is -2.30. The molecule has 0 unspecified atom stereocenters. The van der Waals surface area contributed by atoms with Crippen molar-refractivity contribution in [3.8, 4) is 5.75 Å². The van der Waals surface area contributed by atoms with Gasteiger partial charge in [0.25, 0.3) is 5.91 Å². The Kier molecular flexibility index (Phi) is 3.79. The highest BCUT2D eigenvalue weighted by atomic mass is 16.7. The van der Waals surface area contributed by atoms with Crippen LogP contribution in [-0.2, 0) is 9.63 Å². The van der Waals surface area contributed by atoms with E-state index in [0.717, 1.165) is 31.7 Å². The van der Waals surface area contributed by atoms with Crippen LogP contribution in [0.4, 0.5) is 5.69 Å². The van der Waals surface area contributed by atoms with Crippen molar-refractivity contribution in [2.75, 3.05) is 25.5 Å². The first-order chi connectivity index (χ1) is 10.2. The maximum absolute atomic E-state index is 12.2. The van der Waals surface area contributed by atoms with Crippen molar-refractivity contribution < 1.29 is 14.4 Å². The van der Waals surface area contributed by atoms with Gasteiger partial charge in [0.05, 0.1) is 7.11 Å². The van der Waals surface area contributed by atoms with Crippen LogP contribution in [0.5, 0.6) is 5.75 Å². The van der Waals surface area contributed by atoms with Crippen LogP contribution in [-0.4, -0.2) is 37.4 Å².